The van der Waals surface area contributed by atoms with Gasteiger partial charge in [-0.1, -0.05) is 12.1 Å². The fraction of sp³-hybridized carbons (Fsp3) is 0.188. The largest absolute Gasteiger partial charge is 0.336 e. The van der Waals surface area contributed by atoms with Crippen molar-refractivity contribution < 1.29 is 4.79 Å². The molecule has 3 rings (SSSR count). The molecule has 0 atom stereocenters. The molecule has 3 aromatic heterocycles. The first kappa shape index (κ1) is 14.9. The summed E-state index contributed by atoms with van der Waals surface area (Å²) < 4.78 is 0. The minimum absolute atomic E-state index is 0.00517. The van der Waals surface area contributed by atoms with Gasteiger partial charge < -0.3 is 4.90 Å². The average molecular weight is 329 g/mol. The van der Waals surface area contributed by atoms with Crippen LogP contribution in [-0.2, 0) is 6.54 Å². The maximum atomic E-state index is 12.6. The Balaban J connectivity index is 1.82. The number of hydrogen-bond acceptors (Lipinski definition) is 5. The van der Waals surface area contributed by atoms with Gasteiger partial charge in [0.2, 0.25) is 0 Å². The van der Waals surface area contributed by atoms with Gasteiger partial charge in [-0.15, -0.1) is 22.7 Å². The van der Waals surface area contributed by atoms with E-state index in [4.69, 9.17) is 0 Å². The van der Waals surface area contributed by atoms with Crippen molar-refractivity contribution in [1.29, 1.82) is 0 Å². The lowest BCUT2D eigenvalue weighted by atomic mass is 10.3. The lowest BCUT2D eigenvalue weighted by Crippen LogP contribution is -2.25. The number of pyridine rings is 1. The van der Waals surface area contributed by atoms with Gasteiger partial charge in [-0.25, -0.2) is 4.98 Å². The lowest BCUT2D eigenvalue weighted by Gasteiger charge is -2.15. The predicted octanol–water partition coefficient (Wildman–Crippen LogP) is 3.85. The van der Waals surface area contributed by atoms with Crippen LogP contribution in [0, 0.1) is 6.92 Å². The zero-order valence-electron chi connectivity index (χ0n) is 12.3. The molecule has 0 N–H and O–H groups in total. The molecule has 22 heavy (non-hydrogen) atoms. The van der Waals surface area contributed by atoms with Crippen LogP contribution in [0.3, 0.4) is 0 Å². The van der Waals surface area contributed by atoms with Gasteiger partial charge in [-0.2, -0.15) is 0 Å². The molecule has 0 radical (unpaired) electrons. The van der Waals surface area contributed by atoms with Crippen LogP contribution >= 0.6 is 22.7 Å². The van der Waals surface area contributed by atoms with Gasteiger partial charge in [0, 0.05) is 18.1 Å². The highest BCUT2D eigenvalue weighted by atomic mass is 32.1. The highest BCUT2D eigenvalue weighted by Gasteiger charge is 2.20. The fourth-order valence-electron chi connectivity index (χ4n) is 2.08. The molecule has 112 valence electrons. The van der Waals surface area contributed by atoms with Crippen molar-refractivity contribution in [2.45, 2.75) is 13.5 Å². The van der Waals surface area contributed by atoms with E-state index in [0.717, 1.165) is 16.4 Å². The van der Waals surface area contributed by atoms with Crippen LogP contribution in [0.4, 0.5) is 0 Å². The number of thiazole rings is 1. The Morgan fingerprint density at radius 1 is 1.27 bits per heavy atom. The number of carbonyl (C=O) groups excluding carboxylic acids is 1. The van der Waals surface area contributed by atoms with Crippen LogP contribution in [0.1, 0.15) is 20.2 Å². The summed E-state index contributed by atoms with van der Waals surface area (Å²) in [5.41, 5.74) is 1.56. The van der Waals surface area contributed by atoms with Crippen LogP contribution in [0.25, 0.3) is 10.7 Å². The summed E-state index contributed by atoms with van der Waals surface area (Å²) in [4.78, 5) is 25.0. The second-order valence-corrected chi connectivity index (χ2v) is 6.92. The van der Waals surface area contributed by atoms with Gasteiger partial charge in [-0.3, -0.25) is 9.78 Å². The minimum atomic E-state index is 0.00517. The third-order valence-corrected chi connectivity index (χ3v) is 5.22. The standard InChI is InChI=1S/C16H15N3OS2/c1-11-14(16(20)19(2)10-12-6-5-9-21-12)22-15(18-11)13-7-3-4-8-17-13/h3-9H,10H2,1-2H3. The maximum Gasteiger partial charge on any atom is 0.265 e. The van der Waals surface area contributed by atoms with Crippen molar-refractivity contribution in [3.8, 4) is 10.7 Å². The summed E-state index contributed by atoms with van der Waals surface area (Å²) >= 11 is 3.05. The maximum absolute atomic E-state index is 12.6. The molecule has 0 fully saturated rings. The molecule has 3 heterocycles. The minimum Gasteiger partial charge on any atom is -0.336 e. The summed E-state index contributed by atoms with van der Waals surface area (Å²) in [6, 6.07) is 9.72. The third kappa shape index (κ3) is 3.08. The van der Waals surface area contributed by atoms with Gasteiger partial charge in [0.05, 0.1) is 17.9 Å². The molecular weight excluding hydrogens is 314 g/mol. The van der Waals surface area contributed by atoms with Crippen molar-refractivity contribution in [3.63, 3.8) is 0 Å². The molecular formula is C16H15N3OS2. The summed E-state index contributed by atoms with van der Waals surface area (Å²) in [5, 5.41) is 2.80. The van der Waals surface area contributed by atoms with Gasteiger partial charge in [0.15, 0.2) is 0 Å². The fourth-order valence-corrected chi connectivity index (χ4v) is 3.87. The smallest absolute Gasteiger partial charge is 0.265 e. The Labute approximate surface area is 137 Å². The Morgan fingerprint density at radius 2 is 2.14 bits per heavy atom. The Hall–Kier alpha value is -2.05. The topological polar surface area (TPSA) is 46.1 Å². The van der Waals surface area contributed by atoms with Crippen molar-refractivity contribution >= 4 is 28.6 Å². The Bertz CT molecular complexity index is 766. The normalized spacial score (nSPS) is 10.6. The average Bonchev–Trinajstić information content (AvgIpc) is 3.17. The van der Waals surface area contributed by atoms with E-state index in [1.807, 2.05) is 49.7 Å². The van der Waals surface area contributed by atoms with E-state index in [-0.39, 0.29) is 5.91 Å². The monoisotopic (exact) mass is 329 g/mol. The van der Waals surface area contributed by atoms with Gasteiger partial charge in [-0.05, 0) is 30.5 Å². The van der Waals surface area contributed by atoms with Crippen molar-refractivity contribution in [2.24, 2.45) is 0 Å². The number of thiophene rings is 1. The van der Waals surface area contributed by atoms with Crippen LogP contribution in [0.15, 0.2) is 41.9 Å². The molecule has 3 aromatic rings. The predicted molar refractivity (Wildman–Crippen MR) is 90.2 cm³/mol. The second-order valence-electron chi connectivity index (χ2n) is 4.89. The van der Waals surface area contributed by atoms with Crippen molar-refractivity contribution in [1.82, 2.24) is 14.9 Å². The van der Waals surface area contributed by atoms with E-state index >= 15 is 0 Å². The molecule has 0 aliphatic rings. The van der Waals surface area contributed by atoms with Crippen LogP contribution in [-0.4, -0.2) is 27.8 Å². The molecule has 0 aliphatic carbocycles. The molecule has 0 bridgehead atoms. The summed E-state index contributed by atoms with van der Waals surface area (Å²) in [5.74, 6) is 0.00517. The van der Waals surface area contributed by atoms with E-state index < -0.39 is 0 Å². The highest BCUT2D eigenvalue weighted by Crippen LogP contribution is 2.27. The molecule has 0 aromatic carbocycles. The van der Waals surface area contributed by atoms with E-state index in [1.54, 1.807) is 22.4 Å². The first-order valence-corrected chi connectivity index (χ1v) is 8.51. The Kier molecular flexibility index (Phi) is 4.31. The highest BCUT2D eigenvalue weighted by molar-refractivity contribution is 7.17. The lowest BCUT2D eigenvalue weighted by molar-refractivity contribution is 0.0790. The van der Waals surface area contributed by atoms with Gasteiger partial charge in [0.25, 0.3) is 5.91 Å². The quantitative estimate of drug-likeness (QED) is 0.730. The third-order valence-electron chi connectivity index (χ3n) is 3.19. The van der Waals surface area contributed by atoms with Gasteiger partial charge in [0.1, 0.15) is 9.88 Å². The molecule has 0 saturated heterocycles. The number of nitrogens with zero attached hydrogens (tertiary/aromatic N) is 3. The van der Waals surface area contributed by atoms with E-state index in [0.29, 0.717) is 11.4 Å². The first-order chi connectivity index (χ1) is 10.6. The summed E-state index contributed by atoms with van der Waals surface area (Å²) in [6.45, 7) is 2.49. The number of carbonyl (C=O) groups is 1. The number of rotatable bonds is 4. The number of amides is 1. The Morgan fingerprint density at radius 3 is 2.82 bits per heavy atom. The van der Waals surface area contributed by atoms with Crippen LogP contribution in [0.2, 0.25) is 0 Å². The zero-order valence-corrected chi connectivity index (χ0v) is 13.9. The van der Waals surface area contributed by atoms with Crippen molar-refractivity contribution in [3.05, 3.63) is 57.4 Å². The zero-order chi connectivity index (χ0) is 15.5. The molecule has 1 amide bonds. The second kappa shape index (κ2) is 6.37. The summed E-state index contributed by atoms with van der Waals surface area (Å²) in [6.07, 6.45) is 1.73. The molecule has 4 nitrogen and oxygen atoms in total. The van der Waals surface area contributed by atoms with Crippen molar-refractivity contribution in [2.75, 3.05) is 7.05 Å². The molecule has 0 unspecified atom stereocenters. The van der Waals surface area contributed by atoms with Crippen LogP contribution in [0.5, 0.6) is 0 Å². The molecule has 0 spiro atoms. The molecule has 6 heteroatoms. The van der Waals surface area contributed by atoms with Gasteiger partial charge >= 0.3 is 0 Å². The number of aryl methyl sites for hydroxylation is 1. The first-order valence-electron chi connectivity index (χ1n) is 6.82. The number of hydrogen-bond donors (Lipinski definition) is 0. The van der Waals surface area contributed by atoms with E-state index in [9.17, 15) is 4.79 Å². The van der Waals surface area contributed by atoms with E-state index in [1.165, 1.54) is 16.2 Å². The SMILES string of the molecule is Cc1nc(-c2ccccn2)sc1C(=O)N(C)Cc1cccs1. The van der Waals surface area contributed by atoms with E-state index in [2.05, 4.69) is 9.97 Å². The molecule has 0 saturated carbocycles. The molecule has 0 aliphatic heterocycles. The van der Waals surface area contributed by atoms with Crippen LogP contribution < -0.4 is 0 Å². The number of aromatic nitrogens is 2. The summed E-state index contributed by atoms with van der Waals surface area (Å²) in [7, 11) is 1.82.